The van der Waals surface area contributed by atoms with E-state index in [1.165, 1.54) is 0 Å². The predicted octanol–water partition coefficient (Wildman–Crippen LogP) is 2.48. The summed E-state index contributed by atoms with van der Waals surface area (Å²) in [5.74, 6) is 6.24. The highest BCUT2D eigenvalue weighted by Crippen LogP contribution is 2.28. The summed E-state index contributed by atoms with van der Waals surface area (Å²) in [6.45, 7) is 3.85. The lowest BCUT2D eigenvalue weighted by Crippen LogP contribution is -2.11. The summed E-state index contributed by atoms with van der Waals surface area (Å²) < 4.78 is 1.79. The number of aryl methyl sites for hydroxylation is 1. The van der Waals surface area contributed by atoms with Crippen molar-refractivity contribution >= 4 is 29.0 Å². The van der Waals surface area contributed by atoms with Crippen LogP contribution >= 0.6 is 23.2 Å². The Labute approximate surface area is 109 Å². The number of nitrogens with zero attached hydrogens (tertiary/aromatic N) is 3. The molecule has 0 amide bonds. The molecule has 90 valence electrons. The molecule has 0 spiro atoms. The molecule has 2 aromatic rings. The molecule has 3 N–H and O–H groups in total. The zero-order valence-electron chi connectivity index (χ0n) is 9.33. The third-order valence-corrected chi connectivity index (χ3v) is 3.09. The van der Waals surface area contributed by atoms with Crippen molar-refractivity contribution in [3.63, 3.8) is 0 Å². The van der Waals surface area contributed by atoms with Crippen LogP contribution in [0.25, 0.3) is 5.82 Å². The number of hydrazine groups is 1. The molecule has 0 radical (unpaired) electrons. The Hall–Kier alpha value is -1.30. The van der Waals surface area contributed by atoms with Crippen molar-refractivity contribution in [1.29, 1.82) is 0 Å². The lowest BCUT2D eigenvalue weighted by Gasteiger charge is -2.10. The molecule has 0 aromatic carbocycles. The zero-order valence-corrected chi connectivity index (χ0v) is 10.8. The average Bonchev–Trinajstić information content (AvgIpc) is 2.61. The van der Waals surface area contributed by atoms with E-state index in [0.717, 1.165) is 11.4 Å². The van der Waals surface area contributed by atoms with Gasteiger partial charge in [0.2, 0.25) is 0 Å². The van der Waals surface area contributed by atoms with E-state index in [9.17, 15) is 0 Å². The molecule has 0 bridgehead atoms. The molecule has 0 saturated heterocycles. The number of anilines is 1. The van der Waals surface area contributed by atoms with E-state index in [1.807, 2.05) is 13.8 Å². The van der Waals surface area contributed by atoms with Crippen LogP contribution in [0.5, 0.6) is 0 Å². The first kappa shape index (κ1) is 12.2. The van der Waals surface area contributed by atoms with Crippen molar-refractivity contribution in [2.24, 2.45) is 5.84 Å². The number of halogens is 2. The minimum absolute atomic E-state index is 0.371. The first-order chi connectivity index (χ1) is 8.04. The Morgan fingerprint density at radius 1 is 1.29 bits per heavy atom. The second kappa shape index (κ2) is 4.52. The highest BCUT2D eigenvalue weighted by atomic mass is 35.5. The van der Waals surface area contributed by atoms with E-state index >= 15 is 0 Å². The predicted molar refractivity (Wildman–Crippen MR) is 68.7 cm³/mol. The van der Waals surface area contributed by atoms with Crippen LogP contribution in [0.2, 0.25) is 10.0 Å². The van der Waals surface area contributed by atoms with Gasteiger partial charge in [-0.1, -0.05) is 23.2 Å². The Bertz CT molecular complexity index is 564. The van der Waals surface area contributed by atoms with Crippen LogP contribution in [0.3, 0.4) is 0 Å². The standard InChI is InChI=1S/C10H11Cl2N5/c1-5-6(2)17(4-14-5)10-8(12)3-7(11)9(15-10)16-13/h3-4H,13H2,1-2H3,(H,15,16). The van der Waals surface area contributed by atoms with Crippen molar-refractivity contribution in [2.45, 2.75) is 13.8 Å². The third kappa shape index (κ3) is 2.09. The first-order valence-corrected chi connectivity index (χ1v) is 5.63. The molecule has 5 nitrogen and oxygen atoms in total. The van der Waals surface area contributed by atoms with Gasteiger partial charge in [0, 0.05) is 5.69 Å². The quantitative estimate of drug-likeness (QED) is 0.651. The van der Waals surface area contributed by atoms with Gasteiger partial charge in [-0.25, -0.2) is 15.8 Å². The zero-order chi connectivity index (χ0) is 12.6. The van der Waals surface area contributed by atoms with Gasteiger partial charge in [0.1, 0.15) is 6.33 Å². The summed E-state index contributed by atoms with van der Waals surface area (Å²) in [7, 11) is 0. The summed E-state index contributed by atoms with van der Waals surface area (Å²) >= 11 is 12.0. The van der Waals surface area contributed by atoms with Gasteiger partial charge in [-0.3, -0.25) is 4.57 Å². The summed E-state index contributed by atoms with van der Waals surface area (Å²) in [5.41, 5.74) is 4.30. The van der Waals surface area contributed by atoms with Crippen molar-refractivity contribution in [3.8, 4) is 5.82 Å². The molecule has 0 saturated carbocycles. The van der Waals surface area contributed by atoms with Crippen molar-refractivity contribution in [3.05, 3.63) is 33.8 Å². The maximum Gasteiger partial charge on any atom is 0.161 e. The Balaban J connectivity index is 2.63. The number of nitrogen functional groups attached to an aromatic ring is 1. The maximum atomic E-state index is 6.11. The lowest BCUT2D eigenvalue weighted by atomic mass is 10.3. The largest absolute Gasteiger partial charge is 0.307 e. The number of nitrogens with one attached hydrogen (secondary N) is 1. The first-order valence-electron chi connectivity index (χ1n) is 4.88. The molecule has 2 rings (SSSR count). The summed E-state index contributed by atoms with van der Waals surface area (Å²) in [5, 5.41) is 0.810. The molecule has 0 atom stereocenters. The van der Waals surface area contributed by atoms with Gasteiger partial charge in [0.05, 0.1) is 15.7 Å². The van der Waals surface area contributed by atoms with E-state index < -0.39 is 0 Å². The Morgan fingerprint density at radius 2 is 2.00 bits per heavy atom. The van der Waals surface area contributed by atoms with E-state index in [0.29, 0.717) is 21.7 Å². The van der Waals surface area contributed by atoms with Crippen molar-refractivity contribution in [1.82, 2.24) is 14.5 Å². The van der Waals surface area contributed by atoms with Crippen LogP contribution in [0.1, 0.15) is 11.4 Å². The normalized spacial score (nSPS) is 10.6. The molecule has 0 fully saturated rings. The number of nitrogens with two attached hydrogens (primary N) is 1. The molecule has 2 heterocycles. The van der Waals surface area contributed by atoms with Crippen molar-refractivity contribution in [2.75, 3.05) is 5.43 Å². The Kier molecular flexibility index (Phi) is 3.24. The van der Waals surface area contributed by atoms with Crippen LogP contribution in [-0.4, -0.2) is 14.5 Å². The minimum Gasteiger partial charge on any atom is -0.307 e. The molecule has 0 unspecified atom stereocenters. The van der Waals surface area contributed by atoms with Gasteiger partial charge in [-0.2, -0.15) is 0 Å². The number of rotatable bonds is 2. The number of imidazole rings is 1. The highest BCUT2D eigenvalue weighted by molar-refractivity contribution is 6.36. The smallest absolute Gasteiger partial charge is 0.161 e. The van der Waals surface area contributed by atoms with E-state index in [1.54, 1.807) is 17.0 Å². The molecule has 0 aliphatic rings. The van der Waals surface area contributed by atoms with Gasteiger partial charge in [-0.05, 0) is 19.9 Å². The summed E-state index contributed by atoms with van der Waals surface area (Å²) in [4.78, 5) is 8.45. The van der Waals surface area contributed by atoms with E-state index in [-0.39, 0.29) is 0 Å². The molecule has 0 aliphatic heterocycles. The number of hydrogen-bond donors (Lipinski definition) is 2. The van der Waals surface area contributed by atoms with Gasteiger partial charge >= 0.3 is 0 Å². The molecular weight excluding hydrogens is 261 g/mol. The van der Waals surface area contributed by atoms with Crippen LogP contribution in [-0.2, 0) is 0 Å². The van der Waals surface area contributed by atoms with Crippen LogP contribution in [0.4, 0.5) is 5.82 Å². The second-order valence-electron chi connectivity index (χ2n) is 3.55. The van der Waals surface area contributed by atoms with Gasteiger partial charge in [0.25, 0.3) is 0 Å². The molecule has 2 aromatic heterocycles. The minimum atomic E-state index is 0.371. The summed E-state index contributed by atoms with van der Waals surface area (Å²) in [6.07, 6.45) is 1.66. The van der Waals surface area contributed by atoms with Crippen LogP contribution < -0.4 is 11.3 Å². The van der Waals surface area contributed by atoms with E-state index in [2.05, 4.69) is 15.4 Å². The molecule has 0 aliphatic carbocycles. The number of aromatic nitrogens is 3. The fraction of sp³-hybridized carbons (Fsp3) is 0.200. The number of hydrogen-bond acceptors (Lipinski definition) is 4. The van der Waals surface area contributed by atoms with E-state index in [4.69, 9.17) is 29.0 Å². The molecular formula is C10H11Cl2N5. The number of pyridine rings is 1. The monoisotopic (exact) mass is 271 g/mol. The fourth-order valence-electron chi connectivity index (χ4n) is 1.44. The molecule has 7 heteroatoms. The average molecular weight is 272 g/mol. The van der Waals surface area contributed by atoms with Crippen LogP contribution in [0, 0.1) is 13.8 Å². The molecule has 17 heavy (non-hydrogen) atoms. The van der Waals surface area contributed by atoms with Crippen LogP contribution in [0.15, 0.2) is 12.4 Å². The highest BCUT2D eigenvalue weighted by Gasteiger charge is 2.13. The summed E-state index contributed by atoms with van der Waals surface area (Å²) in [6, 6.07) is 1.59. The SMILES string of the molecule is Cc1ncn(-c2nc(NN)c(Cl)cc2Cl)c1C. The topological polar surface area (TPSA) is 68.8 Å². The van der Waals surface area contributed by atoms with Crippen molar-refractivity contribution < 1.29 is 0 Å². The fourth-order valence-corrected chi connectivity index (χ4v) is 1.94. The van der Waals surface area contributed by atoms with Gasteiger partial charge in [-0.15, -0.1) is 0 Å². The Morgan fingerprint density at radius 3 is 2.53 bits per heavy atom. The van der Waals surface area contributed by atoms with Gasteiger partial charge in [0.15, 0.2) is 11.6 Å². The maximum absolute atomic E-state index is 6.11. The van der Waals surface area contributed by atoms with Gasteiger partial charge < -0.3 is 5.43 Å². The third-order valence-electron chi connectivity index (χ3n) is 2.53. The lowest BCUT2D eigenvalue weighted by molar-refractivity contribution is 0.950. The second-order valence-corrected chi connectivity index (χ2v) is 4.37.